The third-order valence-electron chi connectivity index (χ3n) is 1.98. The average molecular weight is 268 g/mol. The van der Waals surface area contributed by atoms with Gasteiger partial charge in [0.15, 0.2) is 0 Å². The third kappa shape index (κ3) is 2.22. The van der Waals surface area contributed by atoms with Gasteiger partial charge < -0.3 is 0 Å². The molecule has 1 aromatic carbocycles. The maximum Gasteiger partial charge on any atom is 0.0983 e. The Hall–Kier alpha value is -0.670. The van der Waals surface area contributed by atoms with Crippen molar-refractivity contribution in [1.82, 2.24) is 4.98 Å². The minimum atomic E-state index is 0.929. The van der Waals surface area contributed by atoms with Crippen LogP contribution in [0.1, 0.15) is 16.3 Å². The predicted molar refractivity (Wildman–Crippen MR) is 63.8 cm³/mol. The number of benzene rings is 1. The van der Waals surface area contributed by atoms with E-state index in [4.69, 9.17) is 0 Å². The molecule has 0 unspecified atom stereocenters. The lowest BCUT2D eigenvalue weighted by atomic mass is 10.2. The molecule has 1 aromatic heterocycles. The van der Waals surface area contributed by atoms with Gasteiger partial charge in [-0.05, 0) is 28.4 Å². The quantitative estimate of drug-likeness (QED) is 0.807. The van der Waals surface area contributed by atoms with Crippen molar-refractivity contribution in [2.45, 2.75) is 13.3 Å². The van der Waals surface area contributed by atoms with Crippen LogP contribution in [0.15, 0.2) is 34.1 Å². The topological polar surface area (TPSA) is 12.9 Å². The Kier molecular flexibility index (Phi) is 2.99. The average Bonchev–Trinajstić information content (AvgIpc) is 2.47. The van der Waals surface area contributed by atoms with Gasteiger partial charge in [-0.2, -0.15) is 0 Å². The number of thiazole rings is 1. The van der Waals surface area contributed by atoms with E-state index in [9.17, 15) is 0 Å². The van der Waals surface area contributed by atoms with E-state index in [1.165, 1.54) is 10.6 Å². The van der Waals surface area contributed by atoms with E-state index in [1.54, 1.807) is 11.3 Å². The molecular weight excluding hydrogens is 258 g/mol. The van der Waals surface area contributed by atoms with Crippen LogP contribution in [0.2, 0.25) is 0 Å². The summed E-state index contributed by atoms with van der Waals surface area (Å²) in [6.07, 6.45) is 0.929. The zero-order chi connectivity index (χ0) is 9.97. The Morgan fingerprint density at radius 3 is 2.57 bits per heavy atom. The number of aromatic nitrogens is 1. The maximum atomic E-state index is 4.48. The Morgan fingerprint density at radius 1 is 1.29 bits per heavy atom. The van der Waals surface area contributed by atoms with Crippen molar-refractivity contribution >= 4 is 27.3 Å². The summed E-state index contributed by atoms with van der Waals surface area (Å²) in [7, 11) is 0. The fourth-order valence-corrected chi connectivity index (χ4v) is 2.75. The molecular formula is C11H10BrNS. The molecule has 0 atom stereocenters. The number of hydrogen-bond donors (Lipinski definition) is 0. The van der Waals surface area contributed by atoms with Crippen molar-refractivity contribution in [3.8, 4) is 0 Å². The van der Waals surface area contributed by atoms with Crippen LogP contribution in [0.4, 0.5) is 0 Å². The summed E-state index contributed by atoms with van der Waals surface area (Å²) in [6, 6.07) is 10.4. The molecule has 1 nitrogen and oxygen atoms in total. The summed E-state index contributed by atoms with van der Waals surface area (Å²) in [6.45, 7) is 2.02. The molecule has 0 aliphatic heterocycles. The summed E-state index contributed by atoms with van der Waals surface area (Å²) in [5.74, 6) is 0. The lowest BCUT2D eigenvalue weighted by Gasteiger charge is -1.95. The van der Waals surface area contributed by atoms with Crippen molar-refractivity contribution in [1.29, 1.82) is 0 Å². The van der Waals surface area contributed by atoms with Crippen molar-refractivity contribution in [2.75, 3.05) is 0 Å². The van der Waals surface area contributed by atoms with Crippen molar-refractivity contribution in [2.24, 2.45) is 0 Å². The molecule has 0 N–H and O–H groups in total. The number of nitrogens with zero attached hydrogens (tertiary/aromatic N) is 1. The van der Waals surface area contributed by atoms with E-state index in [1.807, 2.05) is 13.0 Å². The molecule has 0 aliphatic carbocycles. The molecule has 0 radical (unpaired) electrons. The highest BCUT2D eigenvalue weighted by molar-refractivity contribution is 9.11. The highest BCUT2D eigenvalue weighted by Crippen LogP contribution is 2.25. The second-order valence-electron chi connectivity index (χ2n) is 3.13. The van der Waals surface area contributed by atoms with Crippen molar-refractivity contribution in [3.05, 3.63) is 50.4 Å². The normalized spacial score (nSPS) is 10.4. The summed E-state index contributed by atoms with van der Waals surface area (Å²) < 4.78 is 1.14. The largest absolute Gasteiger partial charge is 0.245 e. The smallest absolute Gasteiger partial charge is 0.0983 e. The zero-order valence-corrected chi connectivity index (χ0v) is 10.2. The van der Waals surface area contributed by atoms with Crippen LogP contribution in [-0.2, 0) is 6.42 Å². The van der Waals surface area contributed by atoms with Gasteiger partial charge in [0, 0.05) is 6.42 Å². The van der Waals surface area contributed by atoms with Gasteiger partial charge in [0.1, 0.15) is 0 Å². The SMILES string of the molecule is Cc1nc(Cc2ccccc2)sc1Br. The summed E-state index contributed by atoms with van der Waals surface area (Å²) in [5.41, 5.74) is 2.40. The van der Waals surface area contributed by atoms with Gasteiger partial charge in [-0.25, -0.2) is 4.98 Å². The van der Waals surface area contributed by atoms with E-state index in [2.05, 4.69) is 45.2 Å². The third-order valence-corrected chi connectivity index (χ3v) is 3.99. The van der Waals surface area contributed by atoms with Gasteiger partial charge in [0.25, 0.3) is 0 Å². The predicted octanol–water partition coefficient (Wildman–Crippen LogP) is 3.80. The minimum Gasteiger partial charge on any atom is -0.245 e. The molecule has 1 heterocycles. The molecule has 0 aliphatic rings. The van der Waals surface area contributed by atoms with Gasteiger partial charge in [-0.15, -0.1) is 11.3 Å². The van der Waals surface area contributed by atoms with E-state index in [0.29, 0.717) is 0 Å². The summed E-state index contributed by atoms with van der Waals surface area (Å²) in [5, 5.41) is 1.17. The van der Waals surface area contributed by atoms with Crippen molar-refractivity contribution < 1.29 is 0 Å². The molecule has 0 bridgehead atoms. The molecule has 2 rings (SSSR count). The Labute approximate surface area is 95.9 Å². The highest BCUT2D eigenvalue weighted by Gasteiger charge is 2.04. The first kappa shape index (κ1) is 9.87. The van der Waals surface area contributed by atoms with Gasteiger partial charge in [0.05, 0.1) is 14.5 Å². The fourth-order valence-electron chi connectivity index (χ4n) is 1.28. The van der Waals surface area contributed by atoms with Crippen LogP contribution in [0.25, 0.3) is 0 Å². The molecule has 0 saturated carbocycles. The fraction of sp³-hybridized carbons (Fsp3) is 0.182. The molecule has 0 amide bonds. The van der Waals surface area contributed by atoms with Gasteiger partial charge in [-0.1, -0.05) is 30.3 Å². The van der Waals surface area contributed by atoms with Crippen LogP contribution in [0.3, 0.4) is 0 Å². The van der Waals surface area contributed by atoms with E-state index < -0.39 is 0 Å². The zero-order valence-electron chi connectivity index (χ0n) is 7.83. The number of rotatable bonds is 2. The maximum absolute atomic E-state index is 4.48. The Balaban J connectivity index is 2.19. The lowest BCUT2D eigenvalue weighted by Crippen LogP contribution is -1.86. The van der Waals surface area contributed by atoms with Gasteiger partial charge in [0.2, 0.25) is 0 Å². The van der Waals surface area contributed by atoms with Crippen LogP contribution in [-0.4, -0.2) is 4.98 Å². The summed E-state index contributed by atoms with van der Waals surface area (Å²) >= 11 is 5.20. The Bertz CT molecular complexity index is 403. The second-order valence-corrected chi connectivity index (χ2v) is 5.53. The second kappa shape index (κ2) is 4.24. The monoisotopic (exact) mass is 267 g/mol. The molecule has 3 heteroatoms. The lowest BCUT2D eigenvalue weighted by molar-refractivity contribution is 1.10. The summed E-state index contributed by atoms with van der Waals surface area (Å²) in [4.78, 5) is 4.48. The molecule has 2 aromatic rings. The molecule has 72 valence electrons. The molecule has 14 heavy (non-hydrogen) atoms. The first-order valence-electron chi connectivity index (χ1n) is 4.41. The van der Waals surface area contributed by atoms with Crippen LogP contribution in [0, 0.1) is 6.92 Å². The van der Waals surface area contributed by atoms with Crippen molar-refractivity contribution in [3.63, 3.8) is 0 Å². The first-order valence-corrected chi connectivity index (χ1v) is 6.02. The molecule has 0 spiro atoms. The highest BCUT2D eigenvalue weighted by atomic mass is 79.9. The number of hydrogen-bond acceptors (Lipinski definition) is 2. The first-order chi connectivity index (χ1) is 6.75. The molecule has 0 saturated heterocycles. The molecule has 0 fully saturated rings. The van der Waals surface area contributed by atoms with E-state index in [-0.39, 0.29) is 0 Å². The van der Waals surface area contributed by atoms with Crippen LogP contribution < -0.4 is 0 Å². The minimum absolute atomic E-state index is 0.929. The van der Waals surface area contributed by atoms with Gasteiger partial charge >= 0.3 is 0 Å². The van der Waals surface area contributed by atoms with Crippen LogP contribution >= 0.6 is 27.3 Å². The standard InChI is InChI=1S/C11H10BrNS/c1-8-11(12)14-10(13-8)7-9-5-3-2-4-6-9/h2-6H,7H2,1H3. The number of halogens is 1. The van der Waals surface area contributed by atoms with E-state index >= 15 is 0 Å². The Morgan fingerprint density at radius 2 is 2.00 bits per heavy atom. The van der Waals surface area contributed by atoms with Crippen LogP contribution in [0.5, 0.6) is 0 Å². The number of aryl methyl sites for hydroxylation is 1. The van der Waals surface area contributed by atoms with Gasteiger partial charge in [-0.3, -0.25) is 0 Å². The van der Waals surface area contributed by atoms with E-state index in [0.717, 1.165) is 15.9 Å².